The summed E-state index contributed by atoms with van der Waals surface area (Å²) in [7, 11) is 2.09. The minimum atomic E-state index is 0.161. The summed E-state index contributed by atoms with van der Waals surface area (Å²) in [4.78, 5) is 2.26. The van der Waals surface area contributed by atoms with Crippen LogP contribution in [-0.4, -0.2) is 35.7 Å². The van der Waals surface area contributed by atoms with Crippen molar-refractivity contribution >= 4 is 0 Å². The van der Waals surface area contributed by atoms with Crippen molar-refractivity contribution in [2.45, 2.75) is 45.6 Å². The quantitative estimate of drug-likeness (QED) is 0.704. The van der Waals surface area contributed by atoms with Crippen LogP contribution in [-0.2, 0) is 0 Å². The highest BCUT2D eigenvalue weighted by molar-refractivity contribution is 4.95. The summed E-state index contributed by atoms with van der Waals surface area (Å²) in [6.45, 7) is 7.51. The zero-order valence-corrected chi connectivity index (χ0v) is 8.93. The zero-order chi connectivity index (χ0) is 9.61. The number of likely N-dealkylation sites (N-methyl/N-ethyl adjacent to an activating group) is 1. The Kier molecular flexibility index (Phi) is 5.51. The molecule has 0 aromatic heterocycles. The molecule has 0 bridgehead atoms. The number of hydrogen-bond acceptors (Lipinski definition) is 2. The largest absolute Gasteiger partial charge is 0.394 e. The average Bonchev–Trinajstić information content (AvgIpc) is 2.07. The highest BCUT2D eigenvalue weighted by Gasteiger charge is 2.39. The molecule has 1 aliphatic rings. The fraction of sp³-hybridized carbons (Fsp3) is 1.00. The zero-order valence-electron chi connectivity index (χ0n) is 8.93. The maximum absolute atomic E-state index is 9.10. The van der Waals surface area contributed by atoms with E-state index >= 15 is 0 Å². The highest BCUT2D eigenvalue weighted by Crippen LogP contribution is 2.35. The second kappa shape index (κ2) is 5.55. The van der Waals surface area contributed by atoms with E-state index in [1.165, 1.54) is 19.3 Å². The summed E-state index contributed by atoms with van der Waals surface area (Å²) < 4.78 is 0. The molecule has 0 heterocycles. The number of rotatable bonds is 3. The van der Waals surface area contributed by atoms with E-state index in [2.05, 4.69) is 18.9 Å². The van der Waals surface area contributed by atoms with Crippen molar-refractivity contribution in [2.24, 2.45) is 0 Å². The molecule has 74 valence electrons. The van der Waals surface area contributed by atoms with Crippen LogP contribution in [0.1, 0.15) is 40.0 Å². The van der Waals surface area contributed by atoms with E-state index in [-0.39, 0.29) is 5.54 Å². The Morgan fingerprint density at radius 3 is 1.92 bits per heavy atom. The molecule has 12 heavy (non-hydrogen) atoms. The van der Waals surface area contributed by atoms with Crippen LogP contribution in [0, 0.1) is 0 Å². The maximum Gasteiger partial charge on any atom is 0.0615 e. The van der Waals surface area contributed by atoms with Crippen molar-refractivity contribution in [2.75, 3.05) is 20.2 Å². The SMILES string of the molecule is CC.CCN(C)C1(CO)CCC1. The third kappa shape index (κ3) is 2.20. The lowest BCUT2D eigenvalue weighted by Gasteiger charge is -2.47. The second-order valence-electron chi connectivity index (χ2n) is 3.25. The molecule has 1 rings (SSSR count). The van der Waals surface area contributed by atoms with Crippen LogP contribution in [0.5, 0.6) is 0 Å². The van der Waals surface area contributed by atoms with Crippen LogP contribution in [0.4, 0.5) is 0 Å². The van der Waals surface area contributed by atoms with Crippen LogP contribution in [0.15, 0.2) is 0 Å². The molecule has 0 aromatic rings. The van der Waals surface area contributed by atoms with Gasteiger partial charge in [-0.3, -0.25) is 4.90 Å². The summed E-state index contributed by atoms with van der Waals surface area (Å²) in [5.41, 5.74) is 0.161. The molecule has 0 saturated heterocycles. The standard InChI is InChI=1S/C8H17NO.C2H6/c1-3-9(2)8(7-10)5-4-6-8;1-2/h10H,3-7H2,1-2H3;1-2H3. The third-order valence-corrected chi connectivity index (χ3v) is 2.86. The van der Waals surface area contributed by atoms with Gasteiger partial charge in [0, 0.05) is 5.54 Å². The number of aliphatic hydroxyl groups is 1. The van der Waals surface area contributed by atoms with E-state index < -0.39 is 0 Å². The van der Waals surface area contributed by atoms with E-state index in [1.54, 1.807) is 0 Å². The minimum Gasteiger partial charge on any atom is -0.394 e. The monoisotopic (exact) mass is 173 g/mol. The van der Waals surface area contributed by atoms with E-state index in [9.17, 15) is 0 Å². The van der Waals surface area contributed by atoms with Gasteiger partial charge in [-0.2, -0.15) is 0 Å². The van der Waals surface area contributed by atoms with Crippen LogP contribution in [0.2, 0.25) is 0 Å². The van der Waals surface area contributed by atoms with Crippen LogP contribution < -0.4 is 0 Å². The Morgan fingerprint density at radius 1 is 1.33 bits per heavy atom. The topological polar surface area (TPSA) is 23.5 Å². The van der Waals surface area contributed by atoms with Gasteiger partial charge in [0.2, 0.25) is 0 Å². The lowest BCUT2D eigenvalue weighted by atomic mass is 9.76. The lowest BCUT2D eigenvalue weighted by molar-refractivity contribution is -0.00948. The normalized spacial score (nSPS) is 19.5. The van der Waals surface area contributed by atoms with Gasteiger partial charge < -0.3 is 5.11 Å². The van der Waals surface area contributed by atoms with Crippen molar-refractivity contribution in [3.8, 4) is 0 Å². The molecule has 2 heteroatoms. The first-order valence-corrected chi connectivity index (χ1v) is 5.07. The molecular formula is C10H23NO. The third-order valence-electron chi connectivity index (χ3n) is 2.86. The summed E-state index contributed by atoms with van der Waals surface area (Å²) >= 11 is 0. The molecule has 1 saturated carbocycles. The van der Waals surface area contributed by atoms with Crippen LogP contribution >= 0.6 is 0 Å². The summed E-state index contributed by atoms with van der Waals surface area (Å²) in [6, 6.07) is 0. The van der Waals surface area contributed by atoms with Gasteiger partial charge in [0.05, 0.1) is 6.61 Å². The average molecular weight is 173 g/mol. The Balaban J connectivity index is 0.000000561. The molecule has 1 aliphatic carbocycles. The number of nitrogens with zero attached hydrogens (tertiary/aromatic N) is 1. The minimum absolute atomic E-state index is 0.161. The molecule has 1 fully saturated rings. The van der Waals surface area contributed by atoms with Crippen molar-refractivity contribution in [1.82, 2.24) is 4.90 Å². The van der Waals surface area contributed by atoms with Gasteiger partial charge in [0.25, 0.3) is 0 Å². The Morgan fingerprint density at radius 2 is 1.83 bits per heavy atom. The van der Waals surface area contributed by atoms with Gasteiger partial charge >= 0.3 is 0 Å². The van der Waals surface area contributed by atoms with E-state index in [4.69, 9.17) is 5.11 Å². The van der Waals surface area contributed by atoms with Crippen molar-refractivity contribution in [1.29, 1.82) is 0 Å². The van der Waals surface area contributed by atoms with Crippen LogP contribution in [0.3, 0.4) is 0 Å². The molecule has 0 atom stereocenters. The van der Waals surface area contributed by atoms with Crippen LogP contribution in [0.25, 0.3) is 0 Å². The second-order valence-corrected chi connectivity index (χ2v) is 3.25. The Hall–Kier alpha value is -0.0800. The molecule has 0 aliphatic heterocycles. The number of aliphatic hydroxyl groups excluding tert-OH is 1. The van der Waals surface area contributed by atoms with E-state index in [0.29, 0.717) is 6.61 Å². The first kappa shape index (κ1) is 11.9. The van der Waals surface area contributed by atoms with Gasteiger partial charge in [0.1, 0.15) is 0 Å². The van der Waals surface area contributed by atoms with Gasteiger partial charge in [-0.05, 0) is 32.9 Å². The van der Waals surface area contributed by atoms with Gasteiger partial charge in [-0.15, -0.1) is 0 Å². The maximum atomic E-state index is 9.10. The first-order valence-electron chi connectivity index (χ1n) is 5.07. The molecule has 0 unspecified atom stereocenters. The highest BCUT2D eigenvalue weighted by atomic mass is 16.3. The molecule has 0 amide bonds. The summed E-state index contributed by atoms with van der Waals surface area (Å²) in [5, 5.41) is 9.10. The van der Waals surface area contributed by atoms with E-state index in [0.717, 1.165) is 6.54 Å². The molecule has 2 nitrogen and oxygen atoms in total. The lowest BCUT2D eigenvalue weighted by Crippen LogP contribution is -2.54. The predicted octanol–water partition coefficient (Wildman–Crippen LogP) is 1.88. The Bertz CT molecular complexity index is 105. The first-order chi connectivity index (χ1) is 5.75. The molecule has 0 radical (unpaired) electrons. The summed E-state index contributed by atoms with van der Waals surface area (Å²) in [5.74, 6) is 0. The van der Waals surface area contributed by atoms with Crippen molar-refractivity contribution in [3.63, 3.8) is 0 Å². The van der Waals surface area contributed by atoms with E-state index in [1.807, 2.05) is 13.8 Å². The summed E-state index contributed by atoms with van der Waals surface area (Å²) in [6.07, 6.45) is 3.63. The Labute approximate surface area is 76.6 Å². The van der Waals surface area contributed by atoms with Crippen molar-refractivity contribution < 1.29 is 5.11 Å². The number of hydrogen-bond donors (Lipinski definition) is 1. The van der Waals surface area contributed by atoms with Gasteiger partial charge in [0.15, 0.2) is 0 Å². The molecule has 0 aromatic carbocycles. The van der Waals surface area contributed by atoms with Crippen molar-refractivity contribution in [3.05, 3.63) is 0 Å². The van der Waals surface area contributed by atoms with Gasteiger partial charge in [-0.1, -0.05) is 20.8 Å². The molecular weight excluding hydrogens is 150 g/mol. The van der Waals surface area contributed by atoms with Gasteiger partial charge in [-0.25, -0.2) is 0 Å². The molecule has 1 N–H and O–H groups in total. The molecule has 0 spiro atoms. The fourth-order valence-corrected chi connectivity index (χ4v) is 1.58. The smallest absolute Gasteiger partial charge is 0.0615 e. The fourth-order valence-electron chi connectivity index (χ4n) is 1.58. The predicted molar refractivity (Wildman–Crippen MR) is 53.3 cm³/mol.